The van der Waals surface area contributed by atoms with Crippen LogP contribution >= 0.6 is 11.3 Å². The van der Waals surface area contributed by atoms with E-state index in [1.54, 1.807) is 60.7 Å². The second-order valence-electron chi connectivity index (χ2n) is 9.51. The van der Waals surface area contributed by atoms with E-state index in [1.807, 2.05) is 13.8 Å². The van der Waals surface area contributed by atoms with Gasteiger partial charge in [-0.2, -0.15) is 0 Å². The molecule has 1 aliphatic heterocycles. The van der Waals surface area contributed by atoms with Crippen molar-refractivity contribution >= 4 is 23.4 Å². The van der Waals surface area contributed by atoms with Crippen molar-refractivity contribution in [3.8, 4) is 23.0 Å². The van der Waals surface area contributed by atoms with Crippen molar-refractivity contribution in [2.24, 2.45) is 4.99 Å². The van der Waals surface area contributed by atoms with Gasteiger partial charge in [0.15, 0.2) is 27.8 Å². The number of esters is 1. The summed E-state index contributed by atoms with van der Waals surface area (Å²) in [7, 11) is 2.78. The van der Waals surface area contributed by atoms with Crippen LogP contribution in [0.15, 0.2) is 82.2 Å². The highest BCUT2D eigenvalue weighted by Gasteiger charge is 2.31. The van der Waals surface area contributed by atoms with Gasteiger partial charge in [-0.15, -0.1) is 0 Å². The van der Waals surface area contributed by atoms with E-state index in [0.29, 0.717) is 62.2 Å². The maximum absolute atomic E-state index is 14.3. The van der Waals surface area contributed by atoms with E-state index in [9.17, 15) is 14.0 Å². The average molecular weight is 619 g/mol. The van der Waals surface area contributed by atoms with Crippen LogP contribution in [-0.2, 0) is 16.1 Å². The van der Waals surface area contributed by atoms with Crippen LogP contribution < -0.4 is 33.8 Å². The number of nitrogens with zero attached hydrogens (tertiary/aromatic N) is 2. The van der Waals surface area contributed by atoms with E-state index in [1.165, 1.54) is 31.1 Å². The fourth-order valence-corrected chi connectivity index (χ4v) is 5.82. The van der Waals surface area contributed by atoms with Crippen molar-refractivity contribution in [2.75, 3.05) is 27.4 Å². The minimum Gasteiger partial charge on any atom is -0.493 e. The van der Waals surface area contributed by atoms with Crippen LogP contribution in [0.4, 0.5) is 4.39 Å². The lowest BCUT2D eigenvalue weighted by molar-refractivity contribution is -0.136. The van der Waals surface area contributed by atoms with Crippen LogP contribution in [0.1, 0.15) is 36.6 Å². The number of rotatable bonds is 11. The Morgan fingerprint density at radius 1 is 0.977 bits per heavy atom. The first-order chi connectivity index (χ1) is 21.4. The van der Waals surface area contributed by atoms with E-state index >= 15 is 0 Å². The molecule has 0 radical (unpaired) electrons. The second-order valence-corrected chi connectivity index (χ2v) is 10.5. The molecule has 0 N–H and O–H groups in total. The van der Waals surface area contributed by atoms with E-state index < -0.39 is 12.0 Å². The van der Waals surface area contributed by atoms with Crippen LogP contribution in [0.5, 0.6) is 23.0 Å². The molecule has 5 rings (SSSR count). The summed E-state index contributed by atoms with van der Waals surface area (Å²) in [6.45, 7) is 4.53. The van der Waals surface area contributed by atoms with Gasteiger partial charge < -0.3 is 23.7 Å². The molecule has 0 spiro atoms. The smallest absolute Gasteiger partial charge is 0.337 e. The number of hydrogen-bond acceptors (Lipinski definition) is 9. The fourth-order valence-electron chi connectivity index (χ4n) is 4.86. The molecule has 9 nitrogen and oxygen atoms in total. The number of fused-ring (bicyclic) bond motifs is 1. The monoisotopic (exact) mass is 618 g/mol. The maximum atomic E-state index is 14.3. The number of para-hydroxylation sites is 1. The zero-order valence-corrected chi connectivity index (χ0v) is 25.5. The highest BCUT2D eigenvalue weighted by molar-refractivity contribution is 7.07. The highest BCUT2D eigenvalue weighted by Crippen LogP contribution is 2.35. The molecule has 0 saturated carbocycles. The van der Waals surface area contributed by atoms with E-state index in [0.717, 1.165) is 11.3 Å². The summed E-state index contributed by atoms with van der Waals surface area (Å²) >= 11 is 1.16. The zero-order valence-electron chi connectivity index (χ0n) is 24.7. The molecule has 2 heterocycles. The lowest BCUT2D eigenvalue weighted by atomic mass is 9.97. The summed E-state index contributed by atoms with van der Waals surface area (Å²) < 4.78 is 44.3. The molecule has 0 unspecified atom stereocenters. The molecule has 228 valence electrons. The van der Waals surface area contributed by atoms with Crippen molar-refractivity contribution in [1.29, 1.82) is 0 Å². The fraction of sp³-hybridized carbons (Fsp3) is 0.242. The Morgan fingerprint density at radius 2 is 1.75 bits per heavy atom. The van der Waals surface area contributed by atoms with Gasteiger partial charge in [0.05, 0.1) is 43.6 Å². The van der Waals surface area contributed by atoms with Gasteiger partial charge in [-0.05, 0) is 49.8 Å². The Labute approximate surface area is 257 Å². The first-order valence-corrected chi connectivity index (χ1v) is 14.7. The minimum atomic E-state index is -0.835. The molecule has 1 aliphatic rings. The Kier molecular flexibility index (Phi) is 9.44. The standard InChI is InChI=1S/C33H31FN2O7S/c1-5-41-25-15-14-20(16-27(25)42-6-2)29-23(32(38)40-4)18-35-33-36(29)31(37)28(44-33)17-21-11-9-13-26(39-3)30(21)43-19-22-10-7-8-12-24(22)34/h7-18,29H,5-6,19H2,1-4H3/b28-17+/t29-/m1/s1. The lowest BCUT2D eigenvalue weighted by Crippen LogP contribution is -2.39. The van der Waals surface area contributed by atoms with Crippen LogP contribution in [-0.4, -0.2) is 38.0 Å². The molecule has 0 fully saturated rings. The van der Waals surface area contributed by atoms with Crippen LogP contribution in [0.3, 0.4) is 0 Å². The molecular weight excluding hydrogens is 587 g/mol. The molecule has 1 aromatic heterocycles. The third-order valence-electron chi connectivity index (χ3n) is 6.85. The number of benzene rings is 3. The van der Waals surface area contributed by atoms with Gasteiger partial charge in [-0.3, -0.25) is 9.36 Å². The number of aromatic nitrogens is 1. The molecule has 0 amide bonds. The van der Waals surface area contributed by atoms with Crippen molar-refractivity contribution < 1.29 is 32.9 Å². The largest absolute Gasteiger partial charge is 0.493 e. The zero-order chi connectivity index (χ0) is 31.2. The van der Waals surface area contributed by atoms with Crippen LogP contribution in [0.25, 0.3) is 6.08 Å². The molecule has 0 saturated heterocycles. The average Bonchev–Trinajstić information content (AvgIpc) is 3.35. The van der Waals surface area contributed by atoms with Crippen LogP contribution in [0.2, 0.25) is 0 Å². The summed E-state index contributed by atoms with van der Waals surface area (Å²) in [5.74, 6) is 0.811. The Morgan fingerprint density at radius 3 is 2.48 bits per heavy atom. The van der Waals surface area contributed by atoms with Gasteiger partial charge in [0, 0.05) is 17.3 Å². The van der Waals surface area contributed by atoms with E-state index in [-0.39, 0.29) is 23.6 Å². The van der Waals surface area contributed by atoms with Gasteiger partial charge in [-0.1, -0.05) is 47.7 Å². The van der Waals surface area contributed by atoms with Gasteiger partial charge in [0.2, 0.25) is 0 Å². The third-order valence-corrected chi connectivity index (χ3v) is 7.85. The Bertz CT molecular complexity index is 1900. The number of thiazole rings is 1. The van der Waals surface area contributed by atoms with E-state index in [2.05, 4.69) is 4.99 Å². The molecule has 11 heteroatoms. The Hall–Kier alpha value is -4.90. The predicted octanol–water partition coefficient (Wildman–Crippen LogP) is 4.54. The second kappa shape index (κ2) is 13.6. The van der Waals surface area contributed by atoms with Crippen LogP contribution in [0, 0.1) is 5.82 Å². The summed E-state index contributed by atoms with van der Waals surface area (Å²) in [5.41, 5.74) is 1.36. The Balaban J connectivity index is 1.63. The van der Waals surface area contributed by atoms with Gasteiger partial charge in [-0.25, -0.2) is 14.2 Å². The molecular formula is C33H31FN2O7S. The molecule has 0 bridgehead atoms. The van der Waals surface area contributed by atoms with Gasteiger partial charge in [0.25, 0.3) is 5.56 Å². The number of methoxy groups -OCH3 is 2. The molecule has 44 heavy (non-hydrogen) atoms. The quantitative estimate of drug-likeness (QED) is 0.228. The summed E-state index contributed by atoms with van der Waals surface area (Å²) in [5, 5.41) is 0. The normalized spacial score (nSPS) is 14.2. The first-order valence-electron chi connectivity index (χ1n) is 13.9. The van der Waals surface area contributed by atoms with Crippen molar-refractivity contribution in [2.45, 2.75) is 26.5 Å². The first kappa shape index (κ1) is 30.6. The van der Waals surface area contributed by atoms with E-state index in [4.69, 9.17) is 23.7 Å². The lowest BCUT2D eigenvalue weighted by Gasteiger charge is -2.23. The van der Waals surface area contributed by atoms with Gasteiger partial charge in [0.1, 0.15) is 12.4 Å². The highest BCUT2D eigenvalue weighted by atomic mass is 32.1. The van der Waals surface area contributed by atoms with Crippen molar-refractivity contribution in [1.82, 2.24) is 4.57 Å². The molecule has 0 aliphatic carbocycles. The molecule has 1 atom stereocenters. The number of hydrogen-bond donors (Lipinski definition) is 0. The minimum absolute atomic E-state index is 0.0441. The summed E-state index contributed by atoms with van der Waals surface area (Å²) in [4.78, 5) is 31.8. The van der Waals surface area contributed by atoms with Crippen molar-refractivity contribution in [3.05, 3.63) is 115 Å². The summed E-state index contributed by atoms with van der Waals surface area (Å²) in [6, 6.07) is 16.1. The predicted molar refractivity (Wildman–Crippen MR) is 164 cm³/mol. The SMILES string of the molecule is CCOc1ccc([C@@H]2C(C(=O)OC)=CN=c3s/c(=C/c4cccc(OC)c4OCc4ccccc4F)c(=O)n32)cc1OCC. The number of carbonyl (C=O) groups excluding carboxylic acids is 1. The van der Waals surface area contributed by atoms with Gasteiger partial charge >= 0.3 is 5.97 Å². The topological polar surface area (TPSA) is 97.6 Å². The van der Waals surface area contributed by atoms with Crippen molar-refractivity contribution in [3.63, 3.8) is 0 Å². The third kappa shape index (κ3) is 6.09. The molecule has 4 aromatic rings. The number of halogens is 1. The molecule has 3 aromatic carbocycles. The maximum Gasteiger partial charge on any atom is 0.337 e. The number of ether oxygens (including phenoxy) is 5. The number of carbonyl (C=O) groups is 1. The summed E-state index contributed by atoms with van der Waals surface area (Å²) in [6.07, 6.45) is 3.10.